The third-order valence-corrected chi connectivity index (χ3v) is 6.88. The summed E-state index contributed by atoms with van der Waals surface area (Å²) in [7, 11) is 1.55. The maximum Gasteiger partial charge on any atom is 0.338 e. The standard InChI is InChI=1S/C26H40O7/c1-6-17(15-27)10-16(2)22-13-20(32-5)14-23(29)26(3,4)19-9-7-8-18(11-19)12-21(28)24(30)25(31)33-22/h7-11,17,20-24,27-30H,6,12-15H2,1-5H3/b16-10-/t17-,20-,21-,22?,23+,24+/m1/s1. The van der Waals surface area contributed by atoms with Gasteiger partial charge in [-0.3, -0.25) is 0 Å². The van der Waals surface area contributed by atoms with Gasteiger partial charge in [-0.2, -0.15) is 0 Å². The van der Waals surface area contributed by atoms with Crippen LogP contribution in [0.2, 0.25) is 0 Å². The van der Waals surface area contributed by atoms with E-state index in [9.17, 15) is 25.2 Å². The van der Waals surface area contributed by atoms with E-state index in [-0.39, 0.29) is 25.4 Å². The molecular formula is C26H40O7. The van der Waals surface area contributed by atoms with Crippen molar-refractivity contribution in [1.29, 1.82) is 0 Å². The molecule has 1 unspecified atom stereocenters. The van der Waals surface area contributed by atoms with E-state index in [4.69, 9.17) is 9.47 Å². The number of carbonyl (C=O) groups excluding carboxylic acids is 1. The van der Waals surface area contributed by atoms with Crippen LogP contribution in [-0.2, 0) is 26.1 Å². The number of ether oxygens (including phenoxy) is 2. The summed E-state index contributed by atoms with van der Waals surface area (Å²) in [4.78, 5) is 12.7. The molecule has 2 bridgehead atoms. The van der Waals surface area contributed by atoms with Gasteiger partial charge in [-0.15, -0.1) is 0 Å². The van der Waals surface area contributed by atoms with Crippen LogP contribution >= 0.6 is 0 Å². The lowest BCUT2D eigenvalue weighted by Crippen LogP contribution is -2.41. The molecule has 0 saturated heterocycles. The summed E-state index contributed by atoms with van der Waals surface area (Å²) in [6.45, 7) is 7.64. The molecular weight excluding hydrogens is 424 g/mol. The van der Waals surface area contributed by atoms with E-state index in [2.05, 4.69) is 0 Å². The topological polar surface area (TPSA) is 116 Å². The number of fused-ring (bicyclic) bond motifs is 2. The van der Waals surface area contributed by atoms with Gasteiger partial charge in [0.2, 0.25) is 0 Å². The Bertz CT molecular complexity index is 800. The summed E-state index contributed by atoms with van der Waals surface area (Å²) in [6.07, 6.45) is -1.71. The molecule has 7 heteroatoms. The molecule has 0 spiro atoms. The fourth-order valence-corrected chi connectivity index (χ4v) is 4.19. The van der Waals surface area contributed by atoms with Crippen LogP contribution in [0.15, 0.2) is 35.9 Å². The molecule has 1 aliphatic heterocycles. The van der Waals surface area contributed by atoms with E-state index in [0.717, 1.165) is 16.7 Å². The highest BCUT2D eigenvalue weighted by Crippen LogP contribution is 2.32. The molecule has 1 aromatic carbocycles. The fraction of sp³-hybridized carbons (Fsp3) is 0.654. The van der Waals surface area contributed by atoms with Crippen molar-refractivity contribution in [2.75, 3.05) is 13.7 Å². The molecule has 6 atom stereocenters. The molecule has 0 amide bonds. The first-order chi connectivity index (χ1) is 15.5. The minimum Gasteiger partial charge on any atom is -0.456 e. The Hall–Kier alpha value is -1.77. The lowest BCUT2D eigenvalue weighted by Gasteiger charge is -2.35. The Labute approximate surface area is 197 Å². The third kappa shape index (κ3) is 7.11. The van der Waals surface area contributed by atoms with Gasteiger partial charge in [-0.1, -0.05) is 51.1 Å². The summed E-state index contributed by atoms with van der Waals surface area (Å²) in [6, 6.07) is 7.46. The SMILES string of the molecule is CC[C@H](/C=C(/C)C1C[C@@H](OC)C[C@H](O)C(C)(C)c2cccc(c2)C[C@@H](O)[C@H](O)C(=O)O1)CO. The van der Waals surface area contributed by atoms with Crippen molar-refractivity contribution in [2.45, 2.75) is 89.3 Å². The number of rotatable bonds is 5. The first-order valence-electron chi connectivity index (χ1n) is 11.7. The summed E-state index contributed by atoms with van der Waals surface area (Å²) >= 11 is 0. The Morgan fingerprint density at radius 3 is 2.58 bits per heavy atom. The molecule has 0 saturated carbocycles. The van der Waals surface area contributed by atoms with Crippen molar-refractivity contribution < 1.29 is 34.7 Å². The van der Waals surface area contributed by atoms with Gasteiger partial charge in [0, 0.05) is 44.3 Å². The summed E-state index contributed by atoms with van der Waals surface area (Å²) in [5, 5.41) is 41.7. The second-order valence-corrected chi connectivity index (χ2v) is 9.67. The van der Waals surface area contributed by atoms with Gasteiger partial charge in [0.25, 0.3) is 0 Å². The normalized spacial score (nSPS) is 30.3. The number of cyclic esters (lactones) is 1. The number of esters is 1. The summed E-state index contributed by atoms with van der Waals surface area (Å²) < 4.78 is 11.3. The zero-order valence-corrected chi connectivity index (χ0v) is 20.4. The molecule has 0 radical (unpaired) electrons. The van der Waals surface area contributed by atoms with Crippen LogP contribution in [0.5, 0.6) is 0 Å². The predicted octanol–water partition coefficient (Wildman–Crippen LogP) is 2.27. The molecule has 0 fully saturated rings. The molecule has 4 N–H and O–H groups in total. The summed E-state index contributed by atoms with van der Waals surface area (Å²) in [5.41, 5.74) is 1.76. The Morgan fingerprint density at radius 2 is 1.97 bits per heavy atom. The fourth-order valence-electron chi connectivity index (χ4n) is 4.19. The van der Waals surface area contributed by atoms with Gasteiger partial charge >= 0.3 is 5.97 Å². The van der Waals surface area contributed by atoms with E-state index in [0.29, 0.717) is 12.8 Å². The van der Waals surface area contributed by atoms with Crippen LogP contribution in [-0.4, -0.2) is 70.6 Å². The van der Waals surface area contributed by atoms with Crippen molar-refractivity contribution in [3.63, 3.8) is 0 Å². The van der Waals surface area contributed by atoms with Crippen molar-refractivity contribution >= 4 is 5.97 Å². The van der Waals surface area contributed by atoms with Crippen LogP contribution in [0.1, 0.15) is 58.1 Å². The number of carbonyl (C=O) groups is 1. The van der Waals surface area contributed by atoms with Crippen molar-refractivity contribution in [1.82, 2.24) is 0 Å². The summed E-state index contributed by atoms with van der Waals surface area (Å²) in [5.74, 6) is -1.01. The number of hydrogen-bond acceptors (Lipinski definition) is 7. The van der Waals surface area contributed by atoms with Crippen LogP contribution in [0.3, 0.4) is 0 Å². The Balaban J connectivity index is 2.46. The van der Waals surface area contributed by atoms with Gasteiger partial charge in [0.1, 0.15) is 6.10 Å². The highest BCUT2D eigenvalue weighted by molar-refractivity contribution is 5.75. The molecule has 0 aliphatic carbocycles. The van der Waals surface area contributed by atoms with Crippen molar-refractivity contribution in [3.05, 3.63) is 47.0 Å². The average molecular weight is 465 g/mol. The van der Waals surface area contributed by atoms with Crippen LogP contribution in [0, 0.1) is 5.92 Å². The van der Waals surface area contributed by atoms with E-state index >= 15 is 0 Å². The number of aliphatic hydroxyl groups excluding tert-OH is 4. The lowest BCUT2D eigenvalue weighted by molar-refractivity contribution is -0.165. The van der Waals surface area contributed by atoms with Gasteiger partial charge in [-0.25, -0.2) is 4.79 Å². The molecule has 33 heavy (non-hydrogen) atoms. The minimum absolute atomic E-state index is 0.0335. The molecule has 1 heterocycles. The van der Waals surface area contributed by atoms with E-state index in [1.54, 1.807) is 14.0 Å². The molecule has 186 valence electrons. The third-order valence-electron chi connectivity index (χ3n) is 6.88. The monoisotopic (exact) mass is 464 g/mol. The lowest BCUT2D eigenvalue weighted by atomic mass is 9.76. The van der Waals surface area contributed by atoms with E-state index in [1.165, 1.54) is 0 Å². The number of methoxy groups -OCH3 is 1. The van der Waals surface area contributed by atoms with Gasteiger partial charge < -0.3 is 29.9 Å². The smallest absolute Gasteiger partial charge is 0.338 e. The second kappa shape index (κ2) is 12.1. The molecule has 2 rings (SSSR count). The Morgan fingerprint density at radius 1 is 1.27 bits per heavy atom. The van der Waals surface area contributed by atoms with Crippen LogP contribution < -0.4 is 0 Å². The highest BCUT2D eigenvalue weighted by Gasteiger charge is 2.35. The van der Waals surface area contributed by atoms with Gasteiger partial charge in [0.15, 0.2) is 6.10 Å². The van der Waals surface area contributed by atoms with Crippen molar-refractivity contribution in [3.8, 4) is 0 Å². The van der Waals surface area contributed by atoms with Crippen molar-refractivity contribution in [2.24, 2.45) is 5.92 Å². The number of hydrogen-bond donors (Lipinski definition) is 4. The number of benzene rings is 1. The van der Waals surface area contributed by atoms with Crippen LogP contribution in [0.4, 0.5) is 0 Å². The predicted molar refractivity (Wildman–Crippen MR) is 126 cm³/mol. The van der Waals surface area contributed by atoms with E-state index in [1.807, 2.05) is 51.1 Å². The Kier molecular flexibility index (Phi) is 10.1. The molecule has 1 aromatic rings. The largest absolute Gasteiger partial charge is 0.456 e. The van der Waals surface area contributed by atoms with Crippen LogP contribution in [0.25, 0.3) is 0 Å². The maximum atomic E-state index is 12.7. The zero-order chi connectivity index (χ0) is 24.8. The molecule has 0 aromatic heterocycles. The molecule has 1 aliphatic rings. The number of aliphatic hydroxyl groups is 4. The van der Waals surface area contributed by atoms with Gasteiger partial charge in [0.05, 0.1) is 18.3 Å². The zero-order valence-electron chi connectivity index (χ0n) is 20.4. The first kappa shape index (κ1) is 27.5. The average Bonchev–Trinajstić information content (AvgIpc) is 2.79. The maximum absolute atomic E-state index is 12.7. The highest BCUT2D eigenvalue weighted by atomic mass is 16.6. The molecule has 7 nitrogen and oxygen atoms in total. The van der Waals surface area contributed by atoms with Gasteiger partial charge in [-0.05, 0) is 30.0 Å². The second-order valence-electron chi connectivity index (χ2n) is 9.67. The first-order valence-corrected chi connectivity index (χ1v) is 11.7. The van der Waals surface area contributed by atoms with E-state index < -0.39 is 41.9 Å². The minimum atomic E-state index is -1.70. The quantitative estimate of drug-likeness (QED) is 0.390.